The first-order valence-electron chi connectivity index (χ1n) is 21.3. The van der Waals surface area contributed by atoms with E-state index in [4.69, 9.17) is 37.7 Å². The highest BCUT2D eigenvalue weighted by Crippen LogP contribution is 2.31. The van der Waals surface area contributed by atoms with Gasteiger partial charge >= 0.3 is 0 Å². The van der Waals surface area contributed by atoms with Gasteiger partial charge in [-0.3, -0.25) is 9.59 Å². The molecule has 2 fully saturated rings. The number of carbonyl (C=O) groups excluding carboxylic acids is 2. The summed E-state index contributed by atoms with van der Waals surface area (Å²) in [6.07, 6.45) is 4.51. The molecule has 0 atom stereocenters. The second-order valence-corrected chi connectivity index (χ2v) is 16.4. The number of methoxy groups -OCH3 is 1. The van der Waals surface area contributed by atoms with Crippen LogP contribution in [-0.4, -0.2) is 94.2 Å². The summed E-state index contributed by atoms with van der Waals surface area (Å²) in [6.45, 7) is 8.33. The summed E-state index contributed by atoms with van der Waals surface area (Å²) in [5.41, 5.74) is 5.38. The quantitative estimate of drug-likeness (QED) is 0.0771. The molecule has 2 amide bonds. The predicted molar refractivity (Wildman–Crippen MR) is 255 cm³/mol. The highest BCUT2D eigenvalue weighted by Gasteiger charge is 2.24. The number of nitrogens with one attached hydrogen (secondary N) is 4. The van der Waals surface area contributed by atoms with Crippen LogP contribution in [0.5, 0.6) is 11.5 Å². The van der Waals surface area contributed by atoms with Crippen molar-refractivity contribution in [2.45, 2.75) is 45.6 Å². The summed E-state index contributed by atoms with van der Waals surface area (Å²) in [4.78, 5) is 59.7. The van der Waals surface area contributed by atoms with Crippen molar-refractivity contribution in [3.63, 3.8) is 0 Å². The SMILES string of the molecule is COc1ccc(N2CCN(c3ncnc(Nc4cccc(NC(=O)CCC(=O)Nc5cccc(Nc6ncnc(N7CCC(Oc8ccc(Cl)c(Cl)c8)CC7)n6)c5C)c4C)n3)CC2)cc1. The van der Waals surface area contributed by atoms with Crippen LogP contribution in [0.25, 0.3) is 0 Å². The van der Waals surface area contributed by atoms with Gasteiger partial charge in [-0.25, -0.2) is 19.9 Å². The molecule has 0 unspecified atom stereocenters. The minimum absolute atomic E-state index is 0.0189. The van der Waals surface area contributed by atoms with Gasteiger partial charge in [0.05, 0.1) is 17.2 Å². The van der Waals surface area contributed by atoms with E-state index in [1.807, 2.05) is 68.4 Å². The first-order chi connectivity index (χ1) is 31.6. The second-order valence-electron chi connectivity index (χ2n) is 15.6. The molecule has 6 aromatic rings. The van der Waals surface area contributed by atoms with E-state index >= 15 is 0 Å². The van der Waals surface area contributed by atoms with Crippen molar-refractivity contribution < 1.29 is 19.1 Å². The highest BCUT2D eigenvalue weighted by molar-refractivity contribution is 6.42. The first-order valence-corrected chi connectivity index (χ1v) is 22.1. The molecule has 19 heteroatoms. The molecule has 0 saturated carbocycles. The topological polar surface area (TPSA) is 188 Å². The Labute approximate surface area is 386 Å². The van der Waals surface area contributed by atoms with Gasteiger partial charge in [0.2, 0.25) is 35.6 Å². The van der Waals surface area contributed by atoms with E-state index in [-0.39, 0.29) is 30.8 Å². The van der Waals surface area contributed by atoms with Crippen LogP contribution in [0.3, 0.4) is 0 Å². The van der Waals surface area contributed by atoms with Crippen LogP contribution < -0.4 is 45.4 Å². The molecule has 0 spiro atoms. The number of piperidine rings is 1. The molecular weight excluding hydrogens is 869 g/mol. The molecule has 2 saturated heterocycles. The minimum Gasteiger partial charge on any atom is -0.497 e. The van der Waals surface area contributed by atoms with Crippen LogP contribution in [0, 0.1) is 13.8 Å². The van der Waals surface area contributed by atoms with E-state index in [1.165, 1.54) is 12.7 Å². The van der Waals surface area contributed by atoms with E-state index in [1.54, 1.807) is 19.2 Å². The molecule has 2 aliphatic heterocycles. The first kappa shape index (κ1) is 44.6. The Morgan fingerprint density at radius 2 is 1.11 bits per heavy atom. The summed E-state index contributed by atoms with van der Waals surface area (Å²) in [5, 5.41) is 13.4. The van der Waals surface area contributed by atoms with Crippen LogP contribution >= 0.6 is 23.2 Å². The summed E-state index contributed by atoms with van der Waals surface area (Å²) in [5.74, 6) is 2.83. The smallest absolute Gasteiger partial charge is 0.232 e. The number of amides is 2. The Kier molecular flexibility index (Phi) is 14.2. The molecule has 4 heterocycles. The molecule has 0 aliphatic carbocycles. The Morgan fingerprint density at radius 1 is 0.615 bits per heavy atom. The summed E-state index contributed by atoms with van der Waals surface area (Å²) >= 11 is 12.2. The number of anilines is 9. The van der Waals surface area contributed by atoms with Gasteiger partial charge in [-0.05, 0) is 85.6 Å². The van der Waals surface area contributed by atoms with Crippen LogP contribution in [0.1, 0.15) is 36.8 Å². The average Bonchev–Trinajstić information content (AvgIpc) is 3.32. The molecule has 65 heavy (non-hydrogen) atoms. The third-order valence-corrected chi connectivity index (χ3v) is 12.1. The number of rotatable bonds is 15. The van der Waals surface area contributed by atoms with Gasteiger partial charge < -0.3 is 45.4 Å². The van der Waals surface area contributed by atoms with Crippen molar-refractivity contribution in [2.75, 3.05) is 82.3 Å². The Balaban J connectivity index is 0.798. The number of piperazine rings is 1. The normalized spacial score (nSPS) is 14.1. The lowest BCUT2D eigenvalue weighted by molar-refractivity contribution is -0.121. The lowest BCUT2D eigenvalue weighted by atomic mass is 10.1. The van der Waals surface area contributed by atoms with Gasteiger partial charge in [-0.15, -0.1) is 0 Å². The molecule has 336 valence electrons. The third kappa shape index (κ3) is 11.4. The highest BCUT2D eigenvalue weighted by atomic mass is 35.5. The van der Waals surface area contributed by atoms with Gasteiger partial charge in [0.1, 0.15) is 30.3 Å². The van der Waals surface area contributed by atoms with Crippen molar-refractivity contribution >= 4 is 87.2 Å². The van der Waals surface area contributed by atoms with E-state index in [0.29, 0.717) is 69.7 Å². The van der Waals surface area contributed by atoms with Crippen molar-refractivity contribution in [1.29, 1.82) is 0 Å². The van der Waals surface area contributed by atoms with E-state index in [9.17, 15) is 9.59 Å². The van der Waals surface area contributed by atoms with Gasteiger partial charge in [-0.1, -0.05) is 35.3 Å². The molecule has 0 bridgehead atoms. The van der Waals surface area contributed by atoms with Crippen molar-refractivity contribution in [1.82, 2.24) is 29.9 Å². The standard InChI is InChI=1S/C46H49Cl2N13O4/c1-29-37(6-4-8-39(29)55-43-49-27-51-45(57-43)60-20-18-33(19-21-60)65-34-14-15-35(47)36(48)26-34)53-41(62)16-17-42(63)54-38-7-5-9-40(30(38)2)56-44-50-28-52-46(58-44)61-24-22-59(23-25-61)31-10-12-32(64-3)13-11-31/h4-15,26-28,33H,16-25H2,1-3H3,(H,53,62)(H,54,63)(H,49,51,55,57)(H,50,52,56,58). The van der Waals surface area contributed by atoms with E-state index in [0.717, 1.165) is 67.3 Å². The molecular formula is C46H49Cl2N13O4. The lowest BCUT2D eigenvalue weighted by Gasteiger charge is -2.36. The molecule has 4 aromatic carbocycles. The van der Waals surface area contributed by atoms with E-state index < -0.39 is 0 Å². The Morgan fingerprint density at radius 3 is 1.63 bits per heavy atom. The fourth-order valence-corrected chi connectivity index (χ4v) is 7.87. The summed E-state index contributed by atoms with van der Waals surface area (Å²) in [7, 11) is 1.66. The number of halogens is 2. The fraction of sp³-hybridized carbons (Fsp3) is 0.304. The van der Waals surface area contributed by atoms with Gasteiger partial charge in [-0.2, -0.15) is 9.97 Å². The molecule has 2 aromatic heterocycles. The maximum Gasteiger partial charge on any atom is 0.232 e. The summed E-state index contributed by atoms with van der Waals surface area (Å²) < 4.78 is 11.4. The third-order valence-electron chi connectivity index (χ3n) is 11.3. The Hall–Kier alpha value is -6.98. The number of ether oxygens (including phenoxy) is 2. The summed E-state index contributed by atoms with van der Waals surface area (Å²) in [6, 6.07) is 24.4. The monoisotopic (exact) mass is 917 g/mol. The van der Waals surface area contributed by atoms with Crippen LogP contribution in [0.4, 0.5) is 52.2 Å². The number of hydrogen-bond donors (Lipinski definition) is 4. The van der Waals surface area contributed by atoms with Gasteiger partial charge in [0.15, 0.2) is 0 Å². The van der Waals surface area contributed by atoms with Gasteiger partial charge in [0.25, 0.3) is 0 Å². The van der Waals surface area contributed by atoms with Crippen LogP contribution in [-0.2, 0) is 9.59 Å². The number of benzene rings is 4. The number of nitrogens with zero attached hydrogens (tertiary/aromatic N) is 9. The predicted octanol–water partition coefficient (Wildman–Crippen LogP) is 8.21. The number of hydrogen-bond acceptors (Lipinski definition) is 15. The lowest BCUT2D eigenvalue weighted by Crippen LogP contribution is -2.47. The number of aromatic nitrogens is 6. The molecule has 4 N–H and O–H groups in total. The van der Waals surface area contributed by atoms with E-state index in [2.05, 4.69) is 73.0 Å². The van der Waals surface area contributed by atoms with Crippen LogP contribution in [0.2, 0.25) is 10.0 Å². The zero-order valence-corrected chi connectivity index (χ0v) is 37.7. The second kappa shape index (κ2) is 20.7. The maximum absolute atomic E-state index is 13.1. The molecule has 2 aliphatic rings. The minimum atomic E-state index is -0.297. The fourth-order valence-electron chi connectivity index (χ4n) is 7.58. The van der Waals surface area contributed by atoms with Gasteiger partial charge in [0, 0.05) is 99.5 Å². The molecule has 8 rings (SSSR count). The molecule has 17 nitrogen and oxygen atoms in total. The van der Waals surface area contributed by atoms with Crippen LogP contribution in [0.15, 0.2) is 91.5 Å². The van der Waals surface area contributed by atoms with Crippen molar-refractivity contribution in [2.24, 2.45) is 0 Å². The maximum atomic E-state index is 13.1. The Bertz CT molecular complexity index is 2620. The molecule has 0 radical (unpaired) electrons. The average molecular weight is 919 g/mol. The zero-order chi connectivity index (χ0) is 45.3. The van der Waals surface area contributed by atoms with Crippen molar-refractivity contribution in [3.8, 4) is 11.5 Å². The van der Waals surface area contributed by atoms with Crippen molar-refractivity contribution in [3.05, 3.63) is 113 Å². The number of carbonyl (C=O) groups is 2. The largest absolute Gasteiger partial charge is 0.497 e. The zero-order valence-electron chi connectivity index (χ0n) is 36.2.